The van der Waals surface area contributed by atoms with Gasteiger partial charge < -0.3 is 9.80 Å². The van der Waals surface area contributed by atoms with E-state index >= 15 is 0 Å². The minimum atomic E-state index is -4.61. The quantitative estimate of drug-likeness (QED) is 0.819. The van der Waals surface area contributed by atoms with Crippen molar-refractivity contribution in [2.75, 3.05) is 31.1 Å². The first kappa shape index (κ1) is 16.1. The molecule has 7 nitrogen and oxygen atoms in total. The third-order valence-electron chi connectivity index (χ3n) is 4.56. The number of hydrogen-bond acceptors (Lipinski definition) is 5. The summed E-state index contributed by atoms with van der Waals surface area (Å²) < 4.78 is 39.7. The number of rotatable bonds is 2. The van der Waals surface area contributed by atoms with Gasteiger partial charge in [-0.3, -0.25) is 4.79 Å². The fraction of sp³-hybridized carbons (Fsp3) is 0.600. The van der Waals surface area contributed by atoms with Crippen LogP contribution in [0.3, 0.4) is 0 Å². The van der Waals surface area contributed by atoms with E-state index in [4.69, 9.17) is 0 Å². The summed E-state index contributed by atoms with van der Waals surface area (Å²) in [5, 5.41) is 10.8. The van der Waals surface area contributed by atoms with Crippen LogP contribution in [0.4, 0.5) is 19.0 Å². The normalized spacial score (nSPS) is 19.3. The molecule has 3 heterocycles. The second-order valence-electron chi connectivity index (χ2n) is 6.42. The first-order valence-corrected chi connectivity index (χ1v) is 8.27. The van der Waals surface area contributed by atoms with Crippen LogP contribution in [0.25, 0.3) is 5.65 Å². The summed E-state index contributed by atoms with van der Waals surface area (Å²) in [7, 11) is 0. The van der Waals surface area contributed by atoms with E-state index in [0.717, 1.165) is 23.8 Å². The standard InChI is InChI=1S/C15H17F3N6O/c16-15(17,18)14-20-19-11-4-5-12(21-24(11)14)22-6-1-7-23(9-8-22)13(25)10-2-3-10/h4-5,10H,1-3,6-9H2. The Morgan fingerprint density at radius 1 is 1.08 bits per heavy atom. The average Bonchev–Trinajstić information content (AvgIpc) is 3.36. The van der Waals surface area contributed by atoms with Gasteiger partial charge >= 0.3 is 6.18 Å². The number of halogens is 3. The summed E-state index contributed by atoms with van der Waals surface area (Å²) in [5.41, 5.74) is 0.0523. The van der Waals surface area contributed by atoms with Gasteiger partial charge in [-0.1, -0.05) is 0 Å². The Labute approximate surface area is 141 Å². The van der Waals surface area contributed by atoms with Gasteiger partial charge in [0.1, 0.15) is 5.82 Å². The van der Waals surface area contributed by atoms with Gasteiger partial charge in [0.25, 0.3) is 5.82 Å². The topological polar surface area (TPSA) is 66.6 Å². The second-order valence-corrected chi connectivity index (χ2v) is 6.42. The highest BCUT2D eigenvalue weighted by Gasteiger charge is 2.38. The van der Waals surface area contributed by atoms with Crippen molar-refractivity contribution in [3.63, 3.8) is 0 Å². The molecule has 0 atom stereocenters. The van der Waals surface area contributed by atoms with Crippen molar-refractivity contribution in [2.24, 2.45) is 5.92 Å². The number of anilines is 1. The SMILES string of the molecule is O=C(C1CC1)N1CCCN(c2ccc3nnc(C(F)(F)F)n3n2)CC1. The molecule has 25 heavy (non-hydrogen) atoms. The maximum Gasteiger partial charge on any atom is 0.453 e. The average molecular weight is 354 g/mol. The Kier molecular flexibility index (Phi) is 3.77. The summed E-state index contributed by atoms with van der Waals surface area (Å²) in [6, 6.07) is 3.12. The fourth-order valence-electron chi connectivity index (χ4n) is 3.08. The smallest absolute Gasteiger partial charge is 0.353 e. The van der Waals surface area contributed by atoms with E-state index in [9.17, 15) is 18.0 Å². The molecule has 134 valence electrons. The molecule has 2 fully saturated rings. The zero-order chi connectivity index (χ0) is 17.6. The van der Waals surface area contributed by atoms with Gasteiger partial charge in [-0.05, 0) is 31.4 Å². The molecule has 1 aliphatic heterocycles. The lowest BCUT2D eigenvalue weighted by Gasteiger charge is -2.22. The molecule has 2 aromatic heterocycles. The van der Waals surface area contributed by atoms with Crippen LogP contribution in [0.15, 0.2) is 12.1 Å². The highest BCUT2D eigenvalue weighted by molar-refractivity contribution is 5.81. The van der Waals surface area contributed by atoms with Gasteiger partial charge in [-0.25, -0.2) is 0 Å². The number of hydrogen-bond donors (Lipinski definition) is 0. The summed E-state index contributed by atoms with van der Waals surface area (Å²) in [6.07, 6.45) is -1.93. The maximum absolute atomic E-state index is 13.0. The molecule has 0 aromatic carbocycles. The molecule has 0 bridgehead atoms. The van der Waals surface area contributed by atoms with Crippen LogP contribution in [0.2, 0.25) is 0 Å². The van der Waals surface area contributed by atoms with Crippen LogP contribution >= 0.6 is 0 Å². The first-order valence-electron chi connectivity index (χ1n) is 8.27. The fourth-order valence-corrected chi connectivity index (χ4v) is 3.08. The molecule has 1 saturated heterocycles. The van der Waals surface area contributed by atoms with E-state index in [2.05, 4.69) is 15.3 Å². The van der Waals surface area contributed by atoms with Gasteiger partial charge in [-0.2, -0.15) is 17.7 Å². The molecule has 2 aromatic rings. The molecule has 0 N–H and O–H groups in total. The van der Waals surface area contributed by atoms with Gasteiger partial charge in [0.05, 0.1) is 0 Å². The molecule has 1 aliphatic carbocycles. The van der Waals surface area contributed by atoms with E-state index in [1.165, 1.54) is 6.07 Å². The predicted octanol–water partition coefficient (Wildman–Crippen LogP) is 1.59. The molecule has 0 unspecified atom stereocenters. The van der Waals surface area contributed by atoms with Crippen LogP contribution in [0, 0.1) is 5.92 Å². The lowest BCUT2D eigenvalue weighted by Crippen LogP contribution is -2.36. The second kappa shape index (κ2) is 5.85. The zero-order valence-corrected chi connectivity index (χ0v) is 13.4. The molecule has 1 amide bonds. The molecule has 4 rings (SSSR count). The molecule has 0 radical (unpaired) electrons. The monoisotopic (exact) mass is 354 g/mol. The van der Waals surface area contributed by atoms with Crippen LogP contribution in [0.1, 0.15) is 25.1 Å². The minimum absolute atomic E-state index is 0.0523. The van der Waals surface area contributed by atoms with Gasteiger partial charge in [0.2, 0.25) is 5.91 Å². The van der Waals surface area contributed by atoms with Crippen molar-refractivity contribution in [1.29, 1.82) is 0 Å². The number of carbonyl (C=O) groups excluding carboxylic acids is 1. The van der Waals surface area contributed by atoms with Crippen LogP contribution in [0.5, 0.6) is 0 Å². The van der Waals surface area contributed by atoms with Gasteiger partial charge in [0, 0.05) is 32.1 Å². The van der Waals surface area contributed by atoms with Crippen molar-refractivity contribution in [2.45, 2.75) is 25.4 Å². The van der Waals surface area contributed by atoms with Crippen molar-refractivity contribution in [3.8, 4) is 0 Å². The zero-order valence-electron chi connectivity index (χ0n) is 13.4. The predicted molar refractivity (Wildman–Crippen MR) is 81.9 cm³/mol. The van der Waals surface area contributed by atoms with Gasteiger partial charge in [-0.15, -0.1) is 15.3 Å². The first-order chi connectivity index (χ1) is 11.9. The summed E-state index contributed by atoms with van der Waals surface area (Å²) >= 11 is 0. The summed E-state index contributed by atoms with van der Waals surface area (Å²) in [4.78, 5) is 16.0. The largest absolute Gasteiger partial charge is 0.453 e. The third-order valence-corrected chi connectivity index (χ3v) is 4.56. The number of alkyl halides is 3. The minimum Gasteiger partial charge on any atom is -0.353 e. The van der Waals surface area contributed by atoms with Crippen molar-refractivity contribution < 1.29 is 18.0 Å². The van der Waals surface area contributed by atoms with Gasteiger partial charge in [0.15, 0.2) is 5.65 Å². The van der Waals surface area contributed by atoms with Crippen LogP contribution in [-0.2, 0) is 11.0 Å². The number of amides is 1. The third kappa shape index (κ3) is 3.12. The molecular weight excluding hydrogens is 337 g/mol. The van der Waals surface area contributed by atoms with Crippen molar-refractivity contribution in [1.82, 2.24) is 24.7 Å². The lowest BCUT2D eigenvalue weighted by molar-refractivity contribution is -0.146. The Balaban J connectivity index is 1.56. The number of nitrogens with zero attached hydrogens (tertiary/aromatic N) is 6. The molecule has 10 heteroatoms. The van der Waals surface area contributed by atoms with Crippen LogP contribution < -0.4 is 4.90 Å². The Morgan fingerprint density at radius 2 is 1.88 bits per heavy atom. The number of fused-ring (bicyclic) bond motifs is 1. The van der Waals surface area contributed by atoms with Crippen molar-refractivity contribution in [3.05, 3.63) is 18.0 Å². The molecule has 0 spiro atoms. The van der Waals surface area contributed by atoms with Crippen molar-refractivity contribution >= 4 is 17.4 Å². The summed E-state index contributed by atoms with van der Waals surface area (Å²) in [6.45, 7) is 2.41. The molecular formula is C15H17F3N6O. The highest BCUT2D eigenvalue weighted by atomic mass is 19.4. The maximum atomic E-state index is 13.0. The van der Waals surface area contributed by atoms with E-state index in [1.807, 2.05) is 9.80 Å². The number of aromatic nitrogens is 4. The number of carbonyl (C=O) groups is 1. The highest BCUT2D eigenvalue weighted by Crippen LogP contribution is 2.31. The molecule has 2 aliphatic rings. The Hall–Kier alpha value is -2.39. The van der Waals surface area contributed by atoms with E-state index in [1.54, 1.807) is 6.07 Å². The lowest BCUT2D eigenvalue weighted by atomic mass is 10.3. The van der Waals surface area contributed by atoms with E-state index in [0.29, 0.717) is 32.0 Å². The Bertz CT molecular complexity index is 800. The van der Waals surface area contributed by atoms with E-state index in [-0.39, 0.29) is 17.5 Å². The molecule has 1 saturated carbocycles. The van der Waals surface area contributed by atoms with E-state index < -0.39 is 12.0 Å². The Morgan fingerprint density at radius 3 is 2.60 bits per heavy atom. The van der Waals surface area contributed by atoms with Crippen LogP contribution in [-0.4, -0.2) is 56.8 Å². The summed E-state index contributed by atoms with van der Waals surface area (Å²) in [5.74, 6) is -0.334.